The number of aliphatic imine (C=N–C) groups is 1. The first kappa shape index (κ1) is 18.0. The first-order valence-corrected chi connectivity index (χ1v) is 10.7. The molecule has 0 aliphatic carbocycles. The van der Waals surface area contributed by atoms with E-state index in [1.54, 1.807) is 0 Å². The van der Waals surface area contributed by atoms with E-state index >= 15 is 0 Å². The van der Waals surface area contributed by atoms with Gasteiger partial charge >= 0.3 is 0 Å². The number of fused-ring (bicyclic) bond motifs is 5. The number of benzene rings is 1. The number of carbonyl (C=O) groups excluding carboxylic acids is 1. The van der Waals surface area contributed by atoms with Crippen LogP contribution in [0.5, 0.6) is 0 Å². The number of hydrogen-bond acceptors (Lipinski definition) is 3. The second-order valence-electron chi connectivity index (χ2n) is 8.61. The third kappa shape index (κ3) is 3.17. The summed E-state index contributed by atoms with van der Waals surface area (Å²) >= 11 is 0. The lowest BCUT2D eigenvalue weighted by Gasteiger charge is -2.24. The average Bonchev–Trinajstić information content (AvgIpc) is 3.47. The standard InChI is InChI=1S/C22H30N4O2/c1-23-22(26-13-17-18(14-26)20-9-8-19(17)28-20)24-11-15-5-2-3-6-16(15)12-25-10-4-7-21(25)27/h2-3,5-6,17-20H,4,7-14H2,1H3,(H,23,24). The first-order chi connectivity index (χ1) is 13.7. The smallest absolute Gasteiger partial charge is 0.222 e. The summed E-state index contributed by atoms with van der Waals surface area (Å²) in [6.45, 7) is 4.43. The lowest BCUT2D eigenvalue weighted by Crippen LogP contribution is -2.41. The van der Waals surface area contributed by atoms with Gasteiger partial charge in [0.05, 0.1) is 12.2 Å². The fraction of sp³-hybridized carbons (Fsp3) is 0.636. The highest BCUT2D eigenvalue weighted by Gasteiger charge is 2.53. The van der Waals surface area contributed by atoms with E-state index in [0.29, 0.717) is 37.0 Å². The number of nitrogens with zero attached hydrogens (tertiary/aromatic N) is 3. The number of carbonyl (C=O) groups is 1. The molecule has 4 aliphatic heterocycles. The zero-order valence-corrected chi connectivity index (χ0v) is 16.6. The zero-order chi connectivity index (χ0) is 19.1. The first-order valence-electron chi connectivity index (χ1n) is 10.7. The lowest BCUT2D eigenvalue weighted by atomic mass is 9.82. The Hall–Kier alpha value is -2.08. The molecular formula is C22H30N4O2. The molecule has 4 saturated heterocycles. The van der Waals surface area contributed by atoms with Crippen LogP contribution in [-0.2, 0) is 22.6 Å². The Kier molecular flexibility index (Phi) is 4.75. The van der Waals surface area contributed by atoms with Crippen LogP contribution in [0, 0.1) is 11.8 Å². The van der Waals surface area contributed by atoms with E-state index in [2.05, 4.69) is 39.5 Å². The highest BCUT2D eigenvalue weighted by molar-refractivity contribution is 5.80. The summed E-state index contributed by atoms with van der Waals surface area (Å²) in [5, 5.41) is 3.58. The van der Waals surface area contributed by atoms with Gasteiger partial charge in [0, 0.05) is 58.0 Å². The summed E-state index contributed by atoms with van der Waals surface area (Å²) in [4.78, 5) is 20.9. The molecule has 4 heterocycles. The van der Waals surface area contributed by atoms with Crippen molar-refractivity contribution >= 4 is 11.9 Å². The van der Waals surface area contributed by atoms with Crippen molar-refractivity contribution in [3.63, 3.8) is 0 Å². The van der Waals surface area contributed by atoms with Crippen LogP contribution in [0.15, 0.2) is 29.3 Å². The summed E-state index contributed by atoms with van der Waals surface area (Å²) in [6.07, 6.45) is 5.07. The van der Waals surface area contributed by atoms with Gasteiger partial charge in [-0.15, -0.1) is 0 Å². The van der Waals surface area contributed by atoms with E-state index in [9.17, 15) is 4.79 Å². The molecule has 0 spiro atoms. The van der Waals surface area contributed by atoms with Crippen LogP contribution >= 0.6 is 0 Å². The van der Waals surface area contributed by atoms with Crippen LogP contribution < -0.4 is 5.32 Å². The summed E-state index contributed by atoms with van der Waals surface area (Å²) in [5.41, 5.74) is 2.47. The fourth-order valence-electron chi connectivity index (χ4n) is 5.60. The molecule has 5 rings (SSSR count). The highest BCUT2D eigenvalue weighted by Crippen LogP contribution is 2.47. The molecule has 28 heavy (non-hydrogen) atoms. The Bertz CT molecular complexity index is 762. The Morgan fingerprint density at radius 2 is 1.89 bits per heavy atom. The maximum absolute atomic E-state index is 12.0. The topological polar surface area (TPSA) is 57.2 Å². The van der Waals surface area contributed by atoms with Crippen LogP contribution in [0.4, 0.5) is 0 Å². The van der Waals surface area contributed by atoms with Gasteiger partial charge in [-0.25, -0.2) is 0 Å². The van der Waals surface area contributed by atoms with Gasteiger partial charge in [-0.2, -0.15) is 0 Å². The van der Waals surface area contributed by atoms with Gasteiger partial charge in [-0.05, 0) is 30.4 Å². The SMILES string of the molecule is CN=C(NCc1ccccc1CN1CCCC1=O)N1CC2C3CCC(O3)C2C1. The van der Waals surface area contributed by atoms with E-state index in [4.69, 9.17) is 4.74 Å². The molecular weight excluding hydrogens is 352 g/mol. The normalized spacial score (nSPS) is 31.8. The summed E-state index contributed by atoms with van der Waals surface area (Å²) in [6, 6.07) is 8.43. The Morgan fingerprint density at radius 3 is 2.54 bits per heavy atom. The van der Waals surface area contributed by atoms with Gasteiger partial charge in [-0.1, -0.05) is 24.3 Å². The van der Waals surface area contributed by atoms with Crippen molar-refractivity contribution in [1.82, 2.24) is 15.1 Å². The van der Waals surface area contributed by atoms with Gasteiger partial charge in [0.25, 0.3) is 0 Å². The summed E-state index contributed by atoms with van der Waals surface area (Å²) in [5.74, 6) is 2.61. The van der Waals surface area contributed by atoms with Crippen molar-refractivity contribution in [2.75, 3.05) is 26.7 Å². The van der Waals surface area contributed by atoms with Crippen molar-refractivity contribution in [2.45, 2.75) is 51.0 Å². The van der Waals surface area contributed by atoms with E-state index in [0.717, 1.165) is 38.6 Å². The monoisotopic (exact) mass is 382 g/mol. The van der Waals surface area contributed by atoms with Gasteiger partial charge in [0.1, 0.15) is 0 Å². The minimum atomic E-state index is 0.277. The molecule has 6 heteroatoms. The quantitative estimate of drug-likeness (QED) is 0.639. The lowest BCUT2D eigenvalue weighted by molar-refractivity contribution is -0.128. The maximum Gasteiger partial charge on any atom is 0.222 e. The molecule has 150 valence electrons. The third-order valence-corrected chi connectivity index (χ3v) is 7.05. The van der Waals surface area contributed by atoms with Crippen molar-refractivity contribution in [3.05, 3.63) is 35.4 Å². The van der Waals surface area contributed by atoms with E-state index in [1.807, 2.05) is 11.9 Å². The van der Waals surface area contributed by atoms with Gasteiger partial charge in [-0.3, -0.25) is 9.79 Å². The van der Waals surface area contributed by atoms with Crippen LogP contribution in [0.25, 0.3) is 0 Å². The van der Waals surface area contributed by atoms with E-state index in [1.165, 1.54) is 24.0 Å². The van der Waals surface area contributed by atoms with Crippen LogP contribution in [0.3, 0.4) is 0 Å². The molecule has 4 atom stereocenters. The van der Waals surface area contributed by atoms with E-state index < -0.39 is 0 Å². The molecule has 1 N–H and O–H groups in total. The van der Waals surface area contributed by atoms with Crippen LogP contribution in [0.2, 0.25) is 0 Å². The molecule has 0 saturated carbocycles. The van der Waals surface area contributed by atoms with Crippen molar-refractivity contribution < 1.29 is 9.53 Å². The third-order valence-electron chi connectivity index (χ3n) is 7.05. The van der Waals surface area contributed by atoms with Crippen molar-refractivity contribution in [2.24, 2.45) is 16.8 Å². The minimum absolute atomic E-state index is 0.277. The zero-order valence-electron chi connectivity index (χ0n) is 16.6. The molecule has 4 unspecified atom stereocenters. The molecule has 1 aromatic rings. The molecule has 1 aromatic carbocycles. The Balaban J connectivity index is 1.23. The Morgan fingerprint density at radius 1 is 1.18 bits per heavy atom. The van der Waals surface area contributed by atoms with Gasteiger partial charge < -0.3 is 19.9 Å². The van der Waals surface area contributed by atoms with Crippen molar-refractivity contribution in [1.29, 1.82) is 0 Å². The summed E-state index contributed by atoms with van der Waals surface area (Å²) < 4.78 is 6.10. The molecule has 6 nitrogen and oxygen atoms in total. The largest absolute Gasteiger partial charge is 0.374 e. The number of hydrogen-bond donors (Lipinski definition) is 1. The summed E-state index contributed by atoms with van der Waals surface area (Å²) in [7, 11) is 1.87. The van der Waals surface area contributed by atoms with Crippen molar-refractivity contribution in [3.8, 4) is 0 Å². The number of likely N-dealkylation sites (tertiary alicyclic amines) is 2. The highest BCUT2D eigenvalue weighted by atomic mass is 16.5. The Labute approximate surface area is 166 Å². The number of guanidine groups is 1. The van der Waals surface area contributed by atoms with Crippen LogP contribution in [0.1, 0.15) is 36.8 Å². The molecule has 0 radical (unpaired) electrons. The van der Waals surface area contributed by atoms with E-state index in [-0.39, 0.29) is 5.91 Å². The molecule has 4 aliphatic rings. The van der Waals surface area contributed by atoms with Crippen LogP contribution in [-0.4, -0.2) is 60.6 Å². The average molecular weight is 383 g/mol. The second-order valence-corrected chi connectivity index (χ2v) is 8.61. The van der Waals surface area contributed by atoms with Gasteiger partial charge in [0.2, 0.25) is 5.91 Å². The minimum Gasteiger partial charge on any atom is -0.374 e. The number of nitrogens with one attached hydrogen (secondary N) is 1. The van der Waals surface area contributed by atoms with Gasteiger partial charge in [0.15, 0.2) is 5.96 Å². The number of rotatable bonds is 4. The number of amides is 1. The molecule has 4 fully saturated rings. The molecule has 1 amide bonds. The fourth-order valence-corrected chi connectivity index (χ4v) is 5.60. The molecule has 0 aromatic heterocycles. The second kappa shape index (κ2) is 7.39. The molecule has 2 bridgehead atoms. The predicted octanol–water partition coefficient (Wildman–Crippen LogP) is 1.99. The predicted molar refractivity (Wildman–Crippen MR) is 108 cm³/mol. The maximum atomic E-state index is 12.0. The number of ether oxygens (including phenoxy) is 1.